The molecule has 3 rings (SSSR count). The van der Waals surface area contributed by atoms with E-state index < -0.39 is 6.10 Å². The van der Waals surface area contributed by atoms with E-state index in [1.807, 2.05) is 4.90 Å². The first-order valence-electron chi connectivity index (χ1n) is 8.06. The van der Waals surface area contributed by atoms with E-state index in [2.05, 4.69) is 5.10 Å². The maximum atomic E-state index is 12.6. The molecule has 3 unspecified atom stereocenters. The van der Waals surface area contributed by atoms with Crippen LogP contribution in [0.1, 0.15) is 48.9 Å². The van der Waals surface area contributed by atoms with Crippen LogP contribution < -0.4 is 0 Å². The molecule has 1 saturated carbocycles. The zero-order valence-corrected chi connectivity index (χ0v) is 12.9. The Morgan fingerprint density at radius 1 is 1.32 bits per heavy atom. The van der Waals surface area contributed by atoms with Crippen LogP contribution in [0.5, 0.6) is 0 Å². The van der Waals surface area contributed by atoms with Crippen LogP contribution in [0.4, 0.5) is 0 Å². The topological polar surface area (TPSA) is 75.4 Å². The average Bonchev–Trinajstić information content (AvgIpc) is 3.19. The van der Waals surface area contributed by atoms with Crippen molar-refractivity contribution in [3.8, 4) is 0 Å². The number of hydrogen-bond acceptors (Lipinski definition) is 4. The Balaban J connectivity index is 1.65. The number of nitrogens with zero attached hydrogens (tertiary/aromatic N) is 3. The molecule has 2 aliphatic rings. The fourth-order valence-electron chi connectivity index (χ4n) is 3.68. The van der Waals surface area contributed by atoms with Crippen molar-refractivity contribution in [2.45, 2.75) is 50.7 Å². The van der Waals surface area contributed by atoms with E-state index in [4.69, 9.17) is 0 Å². The van der Waals surface area contributed by atoms with Crippen molar-refractivity contribution in [1.82, 2.24) is 14.7 Å². The van der Waals surface area contributed by atoms with Crippen LogP contribution in [0.3, 0.4) is 0 Å². The highest BCUT2D eigenvalue weighted by Crippen LogP contribution is 2.31. The number of aliphatic hydroxyl groups excluding tert-OH is 1. The van der Waals surface area contributed by atoms with Gasteiger partial charge in [-0.2, -0.15) is 5.10 Å². The number of Topliss-reactive ketones (excluding diaryl/α,β-unsaturated/α-hetero) is 1. The quantitative estimate of drug-likeness (QED) is 0.847. The number of carbonyl (C=O) groups is 2. The highest BCUT2D eigenvalue weighted by molar-refractivity contribution is 5.96. The van der Waals surface area contributed by atoms with Crippen LogP contribution in [-0.2, 0) is 11.8 Å². The molecule has 1 saturated heterocycles. The summed E-state index contributed by atoms with van der Waals surface area (Å²) in [6.45, 7) is 0.701. The summed E-state index contributed by atoms with van der Waals surface area (Å²) in [6.07, 6.45) is 7.30. The molecule has 1 aromatic rings. The molecule has 2 heterocycles. The third-order valence-electron chi connectivity index (χ3n) is 4.90. The van der Waals surface area contributed by atoms with Gasteiger partial charge in [0, 0.05) is 32.3 Å². The molecule has 120 valence electrons. The summed E-state index contributed by atoms with van der Waals surface area (Å²) in [5.41, 5.74) is 0.600. The molecule has 0 aromatic carbocycles. The molecule has 1 amide bonds. The lowest BCUT2D eigenvalue weighted by Crippen LogP contribution is -2.42. The van der Waals surface area contributed by atoms with E-state index in [0.29, 0.717) is 24.9 Å². The lowest BCUT2D eigenvalue weighted by atomic mass is 10.0. The molecule has 0 spiro atoms. The van der Waals surface area contributed by atoms with Crippen molar-refractivity contribution in [3.63, 3.8) is 0 Å². The maximum Gasteiger partial charge on any atom is 0.228 e. The Hall–Kier alpha value is -1.69. The largest absolute Gasteiger partial charge is 0.392 e. The van der Waals surface area contributed by atoms with Crippen LogP contribution in [-0.4, -0.2) is 50.2 Å². The van der Waals surface area contributed by atoms with Gasteiger partial charge < -0.3 is 10.0 Å². The van der Waals surface area contributed by atoms with E-state index in [0.717, 1.165) is 25.7 Å². The van der Waals surface area contributed by atoms with Gasteiger partial charge in [0.05, 0.1) is 23.8 Å². The van der Waals surface area contributed by atoms with Gasteiger partial charge in [0.1, 0.15) is 0 Å². The second-order valence-electron chi connectivity index (χ2n) is 6.46. The predicted octanol–water partition coefficient (Wildman–Crippen LogP) is 1.14. The molecule has 1 N–H and O–H groups in total. The van der Waals surface area contributed by atoms with Crippen LogP contribution in [0.2, 0.25) is 0 Å². The van der Waals surface area contributed by atoms with Gasteiger partial charge in [0.2, 0.25) is 5.91 Å². The van der Waals surface area contributed by atoms with Gasteiger partial charge in [0.15, 0.2) is 5.78 Å². The van der Waals surface area contributed by atoms with Gasteiger partial charge in [-0.1, -0.05) is 0 Å². The molecule has 6 heteroatoms. The number of aryl methyl sites for hydroxylation is 1. The molecule has 3 atom stereocenters. The normalized spacial score (nSPS) is 28.3. The summed E-state index contributed by atoms with van der Waals surface area (Å²) in [4.78, 5) is 26.8. The summed E-state index contributed by atoms with van der Waals surface area (Å²) < 4.78 is 1.61. The zero-order chi connectivity index (χ0) is 15.7. The summed E-state index contributed by atoms with van der Waals surface area (Å²) in [7, 11) is 1.78. The van der Waals surface area contributed by atoms with E-state index in [1.54, 1.807) is 24.1 Å². The van der Waals surface area contributed by atoms with E-state index >= 15 is 0 Å². The fourth-order valence-corrected chi connectivity index (χ4v) is 3.68. The van der Waals surface area contributed by atoms with E-state index in [1.165, 1.54) is 0 Å². The fraction of sp³-hybridized carbons (Fsp3) is 0.688. The number of hydrogen-bond donors (Lipinski definition) is 1. The summed E-state index contributed by atoms with van der Waals surface area (Å²) in [5, 5.41) is 14.0. The minimum absolute atomic E-state index is 0.0322. The first-order valence-corrected chi connectivity index (χ1v) is 8.06. The maximum absolute atomic E-state index is 12.6. The Bertz CT molecular complexity index is 569. The Labute approximate surface area is 130 Å². The van der Waals surface area contributed by atoms with Gasteiger partial charge in [0.25, 0.3) is 0 Å². The second-order valence-corrected chi connectivity index (χ2v) is 6.46. The molecular weight excluding hydrogens is 282 g/mol. The van der Waals surface area contributed by atoms with Gasteiger partial charge in [-0.25, -0.2) is 0 Å². The number of rotatable bonds is 4. The lowest BCUT2D eigenvalue weighted by molar-refractivity contribution is -0.139. The zero-order valence-electron chi connectivity index (χ0n) is 12.9. The highest BCUT2D eigenvalue weighted by atomic mass is 16.3. The molecule has 22 heavy (non-hydrogen) atoms. The summed E-state index contributed by atoms with van der Waals surface area (Å²) in [5.74, 6) is -0.203. The van der Waals surface area contributed by atoms with Crippen LogP contribution in [0.25, 0.3) is 0 Å². The number of amides is 1. The Kier molecular flexibility index (Phi) is 4.29. The number of aromatic nitrogens is 2. The number of carbonyl (C=O) groups excluding carboxylic acids is 2. The number of aliphatic hydroxyl groups is 1. The van der Waals surface area contributed by atoms with Crippen LogP contribution in [0.15, 0.2) is 12.4 Å². The minimum Gasteiger partial charge on any atom is -0.392 e. The molecule has 1 aliphatic heterocycles. The first-order chi connectivity index (χ1) is 10.6. The van der Waals surface area contributed by atoms with Crippen molar-refractivity contribution >= 4 is 11.7 Å². The molecule has 0 radical (unpaired) electrons. The van der Waals surface area contributed by atoms with Gasteiger partial charge in [-0.15, -0.1) is 0 Å². The van der Waals surface area contributed by atoms with Gasteiger partial charge in [-0.05, 0) is 32.1 Å². The van der Waals surface area contributed by atoms with Crippen LogP contribution >= 0.6 is 0 Å². The predicted molar refractivity (Wildman–Crippen MR) is 80.2 cm³/mol. The van der Waals surface area contributed by atoms with Crippen molar-refractivity contribution in [2.75, 3.05) is 6.54 Å². The Morgan fingerprint density at radius 3 is 2.77 bits per heavy atom. The Morgan fingerprint density at radius 2 is 2.14 bits per heavy atom. The van der Waals surface area contributed by atoms with E-state index in [9.17, 15) is 14.7 Å². The summed E-state index contributed by atoms with van der Waals surface area (Å²) in [6, 6.07) is -0.0343. The lowest BCUT2D eigenvalue weighted by Gasteiger charge is -2.28. The minimum atomic E-state index is -0.511. The molecule has 0 bridgehead atoms. The van der Waals surface area contributed by atoms with Gasteiger partial charge in [-0.3, -0.25) is 14.3 Å². The molecule has 1 aromatic heterocycles. The van der Waals surface area contributed by atoms with E-state index in [-0.39, 0.29) is 23.7 Å². The van der Waals surface area contributed by atoms with Crippen molar-refractivity contribution in [3.05, 3.63) is 18.0 Å². The molecule has 1 aliphatic carbocycles. The second kappa shape index (κ2) is 6.20. The SMILES string of the molecule is Cn1cc(C(=O)CC2CCCN2C(=O)C2CCCC2O)cn1. The summed E-state index contributed by atoms with van der Waals surface area (Å²) >= 11 is 0. The third kappa shape index (κ3) is 2.92. The number of ketones is 1. The third-order valence-corrected chi connectivity index (χ3v) is 4.90. The van der Waals surface area contributed by atoms with Gasteiger partial charge >= 0.3 is 0 Å². The monoisotopic (exact) mass is 305 g/mol. The van der Waals surface area contributed by atoms with Crippen molar-refractivity contribution in [1.29, 1.82) is 0 Å². The standard InChI is InChI=1S/C16H23N3O3/c1-18-10-11(9-17-18)15(21)8-12-4-3-7-19(12)16(22)13-5-2-6-14(13)20/h9-10,12-14,20H,2-8H2,1H3. The molecule has 6 nitrogen and oxygen atoms in total. The average molecular weight is 305 g/mol. The van der Waals surface area contributed by atoms with Crippen LogP contribution in [0, 0.1) is 5.92 Å². The molecule has 2 fully saturated rings. The molecular formula is C16H23N3O3. The highest BCUT2D eigenvalue weighted by Gasteiger charge is 2.39. The first kappa shape index (κ1) is 15.2. The van der Waals surface area contributed by atoms with Crippen molar-refractivity contribution < 1.29 is 14.7 Å². The van der Waals surface area contributed by atoms with Crippen molar-refractivity contribution in [2.24, 2.45) is 13.0 Å². The number of likely N-dealkylation sites (tertiary alicyclic amines) is 1. The smallest absolute Gasteiger partial charge is 0.228 e.